The lowest BCUT2D eigenvalue weighted by atomic mass is 10.2. The Bertz CT molecular complexity index is 785. The summed E-state index contributed by atoms with van der Waals surface area (Å²) in [6.07, 6.45) is 2.35. The van der Waals surface area contributed by atoms with Gasteiger partial charge < -0.3 is 15.6 Å². The summed E-state index contributed by atoms with van der Waals surface area (Å²) in [5.41, 5.74) is 2.61. The van der Waals surface area contributed by atoms with E-state index < -0.39 is 0 Å². The van der Waals surface area contributed by atoms with Crippen LogP contribution in [-0.2, 0) is 6.42 Å². The molecule has 0 aliphatic rings. The van der Waals surface area contributed by atoms with E-state index in [1.807, 2.05) is 17.5 Å². The molecule has 2 aromatic heterocycles. The van der Waals surface area contributed by atoms with Crippen LogP contribution in [0.3, 0.4) is 0 Å². The van der Waals surface area contributed by atoms with E-state index in [0.717, 1.165) is 16.3 Å². The van der Waals surface area contributed by atoms with Gasteiger partial charge in [0.15, 0.2) is 0 Å². The highest BCUT2D eigenvalue weighted by Crippen LogP contribution is 2.25. The Balaban J connectivity index is 1.52. The first-order valence-corrected chi connectivity index (χ1v) is 8.34. The van der Waals surface area contributed by atoms with E-state index >= 15 is 0 Å². The van der Waals surface area contributed by atoms with Crippen LogP contribution in [0.5, 0.6) is 0 Å². The van der Waals surface area contributed by atoms with Gasteiger partial charge in [-0.1, -0.05) is 23.7 Å². The number of urea groups is 1. The Morgan fingerprint density at radius 1 is 1.30 bits per heavy atom. The third kappa shape index (κ3) is 4.12. The summed E-state index contributed by atoms with van der Waals surface area (Å²) >= 11 is 7.53. The SMILES string of the molecule is O=C(NCCc1[nH]cnc1-c1cccs1)Nc1cccc(Cl)c1. The van der Waals surface area contributed by atoms with Gasteiger partial charge in [-0.3, -0.25) is 0 Å². The van der Waals surface area contributed by atoms with Gasteiger partial charge in [0.2, 0.25) is 0 Å². The number of nitrogens with zero attached hydrogens (tertiary/aromatic N) is 1. The summed E-state index contributed by atoms with van der Waals surface area (Å²) in [6, 6.07) is 10.8. The predicted molar refractivity (Wildman–Crippen MR) is 94.1 cm³/mol. The molecule has 0 atom stereocenters. The van der Waals surface area contributed by atoms with Crippen molar-refractivity contribution in [2.24, 2.45) is 0 Å². The topological polar surface area (TPSA) is 69.8 Å². The third-order valence-corrected chi connectivity index (χ3v) is 4.33. The molecule has 0 saturated carbocycles. The number of carbonyl (C=O) groups excluding carboxylic acids is 1. The van der Waals surface area contributed by atoms with Crippen molar-refractivity contribution >= 4 is 34.7 Å². The zero-order valence-electron chi connectivity index (χ0n) is 12.2. The molecule has 0 fully saturated rings. The van der Waals surface area contributed by atoms with E-state index in [4.69, 9.17) is 11.6 Å². The maximum absolute atomic E-state index is 11.9. The van der Waals surface area contributed by atoms with Crippen molar-refractivity contribution in [1.29, 1.82) is 0 Å². The highest BCUT2D eigenvalue weighted by molar-refractivity contribution is 7.13. The lowest BCUT2D eigenvalue weighted by Crippen LogP contribution is -2.30. The number of halogens is 1. The van der Waals surface area contributed by atoms with Gasteiger partial charge in [-0.15, -0.1) is 11.3 Å². The van der Waals surface area contributed by atoms with E-state index in [1.165, 1.54) is 0 Å². The maximum Gasteiger partial charge on any atom is 0.319 e. The van der Waals surface area contributed by atoms with Gasteiger partial charge in [0, 0.05) is 29.4 Å². The Kier molecular flexibility index (Phi) is 4.95. The van der Waals surface area contributed by atoms with Gasteiger partial charge in [-0.25, -0.2) is 9.78 Å². The van der Waals surface area contributed by atoms with E-state index in [-0.39, 0.29) is 6.03 Å². The second kappa shape index (κ2) is 7.30. The Morgan fingerprint density at radius 2 is 2.22 bits per heavy atom. The van der Waals surface area contributed by atoms with Crippen LogP contribution in [0.25, 0.3) is 10.6 Å². The number of nitrogens with one attached hydrogen (secondary N) is 3. The first kappa shape index (κ1) is 15.6. The van der Waals surface area contributed by atoms with Crippen molar-refractivity contribution in [3.05, 3.63) is 58.8 Å². The predicted octanol–water partition coefficient (Wildman–Crippen LogP) is 4.16. The average molecular weight is 347 g/mol. The zero-order chi connectivity index (χ0) is 16.1. The first-order valence-electron chi connectivity index (χ1n) is 7.09. The molecule has 0 bridgehead atoms. The van der Waals surface area contributed by atoms with Crippen LogP contribution in [-0.4, -0.2) is 22.5 Å². The quantitative estimate of drug-likeness (QED) is 0.649. The largest absolute Gasteiger partial charge is 0.348 e. The first-order chi connectivity index (χ1) is 11.2. The van der Waals surface area contributed by atoms with Gasteiger partial charge in [-0.05, 0) is 29.6 Å². The van der Waals surface area contributed by atoms with Gasteiger partial charge in [-0.2, -0.15) is 0 Å². The fraction of sp³-hybridized carbons (Fsp3) is 0.125. The summed E-state index contributed by atoms with van der Waals surface area (Å²) in [5.74, 6) is 0. The molecular weight excluding hydrogens is 332 g/mol. The fourth-order valence-corrected chi connectivity index (χ4v) is 3.12. The van der Waals surface area contributed by atoms with Gasteiger partial charge in [0.1, 0.15) is 5.69 Å². The standard InChI is InChI=1S/C16H15ClN4OS/c17-11-3-1-4-12(9-11)21-16(22)18-7-6-13-15(20-10-19-13)14-5-2-8-23-14/h1-5,8-10H,6-7H2,(H,19,20)(H2,18,21,22). The van der Waals surface area contributed by atoms with E-state index in [1.54, 1.807) is 41.9 Å². The second-order valence-corrected chi connectivity index (χ2v) is 6.23. The number of H-pyrrole nitrogens is 1. The van der Waals surface area contributed by atoms with Crippen molar-refractivity contribution in [1.82, 2.24) is 15.3 Å². The number of carbonyl (C=O) groups is 1. The second-order valence-electron chi connectivity index (χ2n) is 4.85. The molecule has 3 rings (SSSR count). The number of imidazole rings is 1. The molecule has 23 heavy (non-hydrogen) atoms. The minimum absolute atomic E-state index is 0.260. The van der Waals surface area contributed by atoms with Crippen LogP contribution in [0.1, 0.15) is 5.69 Å². The lowest BCUT2D eigenvalue weighted by Gasteiger charge is -2.08. The van der Waals surface area contributed by atoms with E-state index in [2.05, 4.69) is 20.6 Å². The number of thiophene rings is 1. The number of hydrogen-bond acceptors (Lipinski definition) is 3. The molecule has 118 valence electrons. The molecule has 3 aromatic rings. The minimum Gasteiger partial charge on any atom is -0.348 e. The molecule has 5 nitrogen and oxygen atoms in total. The summed E-state index contributed by atoms with van der Waals surface area (Å²) < 4.78 is 0. The smallest absolute Gasteiger partial charge is 0.319 e. The van der Waals surface area contributed by atoms with Crippen LogP contribution in [0.2, 0.25) is 5.02 Å². The molecule has 7 heteroatoms. The fourth-order valence-electron chi connectivity index (χ4n) is 2.18. The Labute approximate surface area is 142 Å². The highest BCUT2D eigenvalue weighted by atomic mass is 35.5. The van der Waals surface area contributed by atoms with Crippen molar-refractivity contribution in [3.8, 4) is 10.6 Å². The molecular formula is C16H15ClN4OS. The number of hydrogen-bond donors (Lipinski definition) is 3. The molecule has 0 saturated heterocycles. The van der Waals surface area contributed by atoms with Crippen LogP contribution in [0, 0.1) is 0 Å². The van der Waals surface area contributed by atoms with Crippen LogP contribution in [0.15, 0.2) is 48.1 Å². The summed E-state index contributed by atoms with van der Waals surface area (Å²) in [7, 11) is 0. The zero-order valence-corrected chi connectivity index (χ0v) is 13.7. The summed E-state index contributed by atoms with van der Waals surface area (Å²) in [4.78, 5) is 20.5. The number of amides is 2. The van der Waals surface area contributed by atoms with Crippen molar-refractivity contribution in [2.45, 2.75) is 6.42 Å². The molecule has 3 N–H and O–H groups in total. The summed E-state index contributed by atoms with van der Waals surface area (Å²) in [6.45, 7) is 0.507. The molecule has 0 aliphatic heterocycles. The third-order valence-electron chi connectivity index (χ3n) is 3.22. The van der Waals surface area contributed by atoms with Crippen molar-refractivity contribution in [2.75, 3.05) is 11.9 Å². The van der Waals surface area contributed by atoms with Crippen LogP contribution < -0.4 is 10.6 Å². The number of aromatic nitrogens is 2. The highest BCUT2D eigenvalue weighted by Gasteiger charge is 2.09. The van der Waals surface area contributed by atoms with E-state index in [0.29, 0.717) is 23.7 Å². The molecule has 0 radical (unpaired) electrons. The van der Waals surface area contributed by atoms with Crippen LogP contribution >= 0.6 is 22.9 Å². The summed E-state index contributed by atoms with van der Waals surface area (Å²) in [5, 5.41) is 8.17. The average Bonchev–Trinajstić information content (AvgIpc) is 3.17. The molecule has 0 aliphatic carbocycles. The Hall–Kier alpha value is -2.31. The number of benzene rings is 1. The monoisotopic (exact) mass is 346 g/mol. The molecule has 2 heterocycles. The van der Waals surface area contributed by atoms with E-state index in [9.17, 15) is 4.79 Å². The maximum atomic E-state index is 11.9. The van der Waals surface area contributed by atoms with Crippen molar-refractivity contribution < 1.29 is 4.79 Å². The van der Waals surface area contributed by atoms with Gasteiger partial charge in [0.25, 0.3) is 0 Å². The molecule has 0 unspecified atom stereocenters. The normalized spacial score (nSPS) is 10.5. The lowest BCUT2D eigenvalue weighted by molar-refractivity contribution is 0.252. The minimum atomic E-state index is -0.260. The van der Waals surface area contributed by atoms with Gasteiger partial charge >= 0.3 is 6.03 Å². The molecule has 1 aromatic carbocycles. The molecule has 2 amide bonds. The number of rotatable bonds is 5. The molecule has 0 spiro atoms. The number of anilines is 1. The van der Waals surface area contributed by atoms with Crippen LogP contribution in [0.4, 0.5) is 10.5 Å². The van der Waals surface area contributed by atoms with Gasteiger partial charge in [0.05, 0.1) is 11.2 Å². The number of aromatic amines is 1. The van der Waals surface area contributed by atoms with Crippen molar-refractivity contribution in [3.63, 3.8) is 0 Å². The Morgan fingerprint density at radius 3 is 3.00 bits per heavy atom.